The van der Waals surface area contributed by atoms with Crippen molar-refractivity contribution in [2.45, 2.75) is 232 Å². The van der Waals surface area contributed by atoms with Crippen LogP contribution in [0.4, 0.5) is 0 Å². The molecule has 6 nitrogen and oxygen atoms in total. The van der Waals surface area contributed by atoms with Gasteiger partial charge in [0.25, 0.3) is 0 Å². The topological polar surface area (TPSA) is 95.9 Å². The quantitative estimate of drug-likeness (QED) is 0.0256. The highest BCUT2D eigenvalue weighted by atomic mass is 16.5. The van der Waals surface area contributed by atoms with E-state index in [1.807, 2.05) is 0 Å². The van der Waals surface area contributed by atoms with E-state index < -0.39 is 18.2 Å². The molecule has 3 atom stereocenters. The third-order valence-corrected chi connectivity index (χ3v) is 9.70. The molecule has 0 aromatic rings. The number of hydrogen-bond acceptors (Lipinski definition) is 5. The van der Waals surface area contributed by atoms with Crippen LogP contribution in [0.1, 0.15) is 213 Å². The summed E-state index contributed by atoms with van der Waals surface area (Å²) >= 11 is 0. The molecule has 3 N–H and O–H groups in total. The molecule has 3 unspecified atom stereocenters. The molecule has 1 amide bonds. The zero-order chi connectivity index (χ0) is 37.5. The minimum absolute atomic E-state index is 0.0614. The number of rotatable bonds is 38. The second-order valence-corrected chi connectivity index (χ2v) is 14.8. The predicted octanol–water partition coefficient (Wildman–Crippen LogP) is 12.2. The van der Waals surface area contributed by atoms with Crippen LogP contribution >= 0.6 is 0 Å². The van der Waals surface area contributed by atoms with Gasteiger partial charge in [-0.05, 0) is 70.6 Å². The highest BCUT2D eigenvalue weighted by molar-refractivity contribution is 5.77. The lowest BCUT2D eigenvalue weighted by atomic mass is 10.0. The highest BCUT2D eigenvalue weighted by Gasteiger charge is 2.24. The van der Waals surface area contributed by atoms with Crippen molar-refractivity contribution in [1.29, 1.82) is 0 Å². The van der Waals surface area contributed by atoms with Crippen LogP contribution in [0.2, 0.25) is 0 Å². The fraction of sp³-hybridized carbons (Fsp3) is 0.822. The van der Waals surface area contributed by atoms with Gasteiger partial charge in [0.2, 0.25) is 5.91 Å². The van der Waals surface area contributed by atoms with Crippen LogP contribution in [0.5, 0.6) is 0 Å². The Balaban J connectivity index is 4.66. The summed E-state index contributed by atoms with van der Waals surface area (Å²) in [5.41, 5.74) is 0. The summed E-state index contributed by atoms with van der Waals surface area (Å²) in [6.07, 6.45) is 43.5. The molecular weight excluding hydrogens is 634 g/mol. The third kappa shape index (κ3) is 34.9. The molecule has 0 fully saturated rings. The van der Waals surface area contributed by atoms with Gasteiger partial charge in [-0.25, -0.2) is 0 Å². The summed E-state index contributed by atoms with van der Waals surface area (Å²) < 4.78 is 5.87. The first-order valence-electron chi connectivity index (χ1n) is 21.7. The van der Waals surface area contributed by atoms with E-state index in [9.17, 15) is 19.8 Å². The first-order valence-corrected chi connectivity index (χ1v) is 21.7. The summed E-state index contributed by atoms with van der Waals surface area (Å²) in [6.45, 7) is 6.34. The molecule has 0 heterocycles. The van der Waals surface area contributed by atoms with Gasteiger partial charge in [0.15, 0.2) is 0 Å². The van der Waals surface area contributed by atoms with Crippen LogP contribution in [-0.4, -0.2) is 46.9 Å². The van der Waals surface area contributed by atoms with E-state index in [0.29, 0.717) is 19.3 Å². The summed E-state index contributed by atoms with van der Waals surface area (Å²) in [6, 6.07) is -0.704. The molecule has 0 bridgehead atoms. The van der Waals surface area contributed by atoms with Crippen molar-refractivity contribution in [3.8, 4) is 0 Å². The van der Waals surface area contributed by atoms with Crippen LogP contribution in [0.3, 0.4) is 0 Å². The fourth-order valence-electron chi connectivity index (χ4n) is 6.36. The Hall–Kier alpha value is -1.92. The summed E-state index contributed by atoms with van der Waals surface area (Å²) in [7, 11) is 0. The van der Waals surface area contributed by atoms with E-state index in [0.717, 1.165) is 89.9 Å². The van der Waals surface area contributed by atoms with Crippen molar-refractivity contribution >= 4 is 11.9 Å². The molecule has 0 aliphatic rings. The monoisotopic (exact) mass is 718 g/mol. The Morgan fingerprint density at radius 1 is 0.569 bits per heavy atom. The number of unbranched alkanes of at least 4 members (excludes halogenated alkanes) is 21. The Bertz CT molecular complexity index is 854. The molecule has 0 radical (unpaired) electrons. The Kier molecular flexibility index (Phi) is 37.8. The largest absolute Gasteiger partial charge is 0.462 e. The third-order valence-electron chi connectivity index (χ3n) is 9.70. The molecule has 0 aromatic carbocycles. The average Bonchev–Trinajstić information content (AvgIpc) is 3.12. The number of amides is 1. The van der Waals surface area contributed by atoms with E-state index >= 15 is 0 Å². The first kappa shape index (κ1) is 49.1. The summed E-state index contributed by atoms with van der Waals surface area (Å²) in [5, 5.41) is 23.5. The van der Waals surface area contributed by atoms with Crippen molar-refractivity contribution in [2.75, 3.05) is 6.61 Å². The van der Waals surface area contributed by atoms with Gasteiger partial charge in [-0.3, -0.25) is 9.59 Å². The number of nitrogens with one attached hydrogen (secondary N) is 1. The first-order chi connectivity index (χ1) is 25.0. The number of esters is 1. The number of carbonyl (C=O) groups excluding carboxylic acids is 2. The van der Waals surface area contributed by atoms with Crippen LogP contribution in [0, 0.1) is 0 Å². The number of aliphatic hydroxyl groups excluding tert-OH is 2. The van der Waals surface area contributed by atoms with Crippen LogP contribution < -0.4 is 5.32 Å². The molecule has 0 saturated carbocycles. The summed E-state index contributed by atoms with van der Waals surface area (Å²) in [5.74, 6) is -0.508. The Morgan fingerprint density at radius 2 is 1.04 bits per heavy atom. The smallest absolute Gasteiger partial charge is 0.306 e. The number of aliphatic hydroxyl groups is 2. The molecule has 298 valence electrons. The molecule has 0 aliphatic carbocycles. The van der Waals surface area contributed by atoms with Gasteiger partial charge in [-0.15, -0.1) is 0 Å². The van der Waals surface area contributed by atoms with Gasteiger partial charge >= 0.3 is 5.97 Å². The highest BCUT2D eigenvalue weighted by Crippen LogP contribution is 2.17. The number of hydrogen-bond donors (Lipinski definition) is 3. The van der Waals surface area contributed by atoms with Gasteiger partial charge in [0, 0.05) is 6.42 Å². The van der Waals surface area contributed by atoms with Crippen molar-refractivity contribution in [2.24, 2.45) is 0 Å². The maximum atomic E-state index is 13.1. The van der Waals surface area contributed by atoms with E-state index in [4.69, 9.17) is 4.74 Å². The van der Waals surface area contributed by atoms with Crippen LogP contribution in [0.15, 0.2) is 36.5 Å². The van der Waals surface area contributed by atoms with Gasteiger partial charge in [0.05, 0.1) is 25.2 Å². The zero-order valence-electron chi connectivity index (χ0n) is 33.7. The van der Waals surface area contributed by atoms with E-state index in [2.05, 4.69) is 62.5 Å². The van der Waals surface area contributed by atoms with Gasteiger partial charge < -0.3 is 20.3 Å². The van der Waals surface area contributed by atoms with Gasteiger partial charge in [-0.1, -0.05) is 166 Å². The normalized spacial score (nSPS) is 13.7. The van der Waals surface area contributed by atoms with Gasteiger partial charge in [-0.2, -0.15) is 0 Å². The Morgan fingerprint density at radius 3 is 1.63 bits per heavy atom. The summed E-state index contributed by atoms with van der Waals surface area (Å²) in [4.78, 5) is 25.9. The molecule has 51 heavy (non-hydrogen) atoms. The molecule has 0 spiro atoms. The lowest BCUT2D eigenvalue weighted by Gasteiger charge is -2.24. The van der Waals surface area contributed by atoms with Crippen LogP contribution in [0.25, 0.3) is 0 Å². The number of allylic oxidation sites excluding steroid dienone is 6. The van der Waals surface area contributed by atoms with Crippen LogP contribution in [-0.2, 0) is 14.3 Å². The lowest BCUT2D eigenvalue weighted by Crippen LogP contribution is -2.46. The average molecular weight is 718 g/mol. The van der Waals surface area contributed by atoms with Crippen molar-refractivity contribution < 1.29 is 24.5 Å². The lowest BCUT2D eigenvalue weighted by molar-refractivity contribution is -0.151. The van der Waals surface area contributed by atoms with Gasteiger partial charge in [0.1, 0.15) is 6.10 Å². The molecule has 0 saturated heterocycles. The van der Waals surface area contributed by atoms with Crippen molar-refractivity contribution in [3.05, 3.63) is 36.5 Å². The second-order valence-electron chi connectivity index (χ2n) is 14.8. The molecule has 0 aromatic heterocycles. The minimum Gasteiger partial charge on any atom is -0.462 e. The maximum Gasteiger partial charge on any atom is 0.306 e. The SMILES string of the molecule is CCC/C=C\CCCCCCCC(=O)OC(CCCCCC/C=C/C=C/CCCCC)CC(=O)NC(CO)C(O)CCCCCCCCCCC. The second kappa shape index (κ2) is 39.3. The van der Waals surface area contributed by atoms with Crippen molar-refractivity contribution in [3.63, 3.8) is 0 Å². The van der Waals surface area contributed by atoms with E-state index in [-0.39, 0.29) is 24.9 Å². The fourth-order valence-corrected chi connectivity index (χ4v) is 6.36. The molecule has 0 rings (SSSR count). The maximum absolute atomic E-state index is 13.1. The molecule has 6 heteroatoms. The minimum atomic E-state index is -0.789. The Labute approximate surface area is 315 Å². The number of ether oxygens (including phenoxy) is 1. The number of carbonyl (C=O) groups is 2. The van der Waals surface area contributed by atoms with E-state index in [1.165, 1.54) is 77.0 Å². The zero-order valence-corrected chi connectivity index (χ0v) is 33.7. The van der Waals surface area contributed by atoms with Crippen molar-refractivity contribution in [1.82, 2.24) is 5.32 Å². The van der Waals surface area contributed by atoms with E-state index in [1.54, 1.807) is 0 Å². The predicted molar refractivity (Wildman–Crippen MR) is 218 cm³/mol. The standard InChI is InChI=1S/C45H83NO5/c1-4-7-10-13-16-19-21-22-23-25-27-30-33-36-41(51-45(50)38-35-32-29-26-20-17-14-11-8-5-2)39-44(49)46-42(40-47)43(48)37-34-31-28-24-18-15-12-9-6-3/h11,14,16,19,21-22,41-43,47-48H,4-10,12-13,15,17-18,20,23-40H2,1-3H3,(H,46,49)/b14-11-,19-16+,22-21+. The molecular formula is C45H83NO5. The molecule has 0 aliphatic heterocycles.